The zero-order valence-electron chi connectivity index (χ0n) is 16.5. The van der Waals surface area contributed by atoms with Crippen molar-refractivity contribution in [3.05, 3.63) is 71.8 Å². The summed E-state index contributed by atoms with van der Waals surface area (Å²) in [6, 6.07) is 18.2. The highest BCUT2D eigenvalue weighted by atomic mass is 16.4. The Morgan fingerprint density at radius 2 is 1.55 bits per heavy atom. The molecule has 0 radical (unpaired) electrons. The van der Waals surface area contributed by atoms with E-state index in [-0.39, 0.29) is 18.2 Å². The Hall–Kier alpha value is -3.15. The van der Waals surface area contributed by atoms with Gasteiger partial charge in [-0.2, -0.15) is 0 Å². The first kappa shape index (κ1) is 20.6. The molecule has 1 saturated heterocycles. The highest BCUT2D eigenvalue weighted by Gasteiger charge is 2.43. The van der Waals surface area contributed by atoms with Gasteiger partial charge < -0.3 is 15.3 Å². The molecule has 1 aliphatic rings. The Bertz CT molecular complexity index is 859. The summed E-state index contributed by atoms with van der Waals surface area (Å²) in [6.45, 7) is 2.19. The smallest absolute Gasteiger partial charge is 0.314 e. The monoisotopic (exact) mass is 394 g/mol. The number of carbonyl (C=O) groups excluding carboxylic acids is 2. The lowest BCUT2D eigenvalue weighted by Crippen LogP contribution is -2.49. The SMILES string of the molecule is CC(=O)N[C@H](CC(=O)N1CCC(C(=O)O)(c2ccccc2)CC1)c1ccccc1. The average Bonchev–Trinajstić information content (AvgIpc) is 2.74. The number of carboxylic acid groups (broad SMARTS) is 1. The van der Waals surface area contributed by atoms with Crippen molar-refractivity contribution in [2.75, 3.05) is 13.1 Å². The van der Waals surface area contributed by atoms with Gasteiger partial charge in [0.05, 0.1) is 17.9 Å². The van der Waals surface area contributed by atoms with E-state index in [0.29, 0.717) is 25.9 Å². The number of hydrogen-bond acceptors (Lipinski definition) is 3. The van der Waals surface area contributed by atoms with Crippen molar-refractivity contribution in [3.63, 3.8) is 0 Å². The Kier molecular flexibility index (Phi) is 6.32. The molecule has 2 aromatic rings. The van der Waals surface area contributed by atoms with Crippen LogP contribution >= 0.6 is 0 Å². The van der Waals surface area contributed by atoms with E-state index in [2.05, 4.69) is 5.32 Å². The van der Waals surface area contributed by atoms with Gasteiger partial charge in [0.25, 0.3) is 0 Å². The average molecular weight is 394 g/mol. The molecule has 0 aliphatic carbocycles. The van der Waals surface area contributed by atoms with Crippen LogP contribution in [0.3, 0.4) is 0 Å². The van der Waals surface area contributed by atoms with Crippen LogP contribution in [0.5, 0.6) is 0 Å². The normalized spacial score (nSPS) is 16.7. The fourth-order valence-corrected chi connectivity index (χ4v) is 4.01. The topological polar surface area (TPSA) is 86.7 Å². The third-order valence-electron chi connectivity index (χ3n) is 5.66. The summed E-state index contributed by atoms with van der Waals surface area (Å²) in [4.78, 5) is 38.3. The molecule has 1 fully saturated rings. The number of amides is 2. The number of aliphatic carboxylic acids is 1. The summed E-state index contributed by atoms with van der Waals surface area (Å²) in [5.74, 6) is -1.13. The number of likely N-dealkylation sites (tertiary alicyclic amines) is 1. The molecule has 2 N–H and O–H groups in total. The van der Waals surface area contributed by atoms with E-state index in [0.717, 1.165) is 11.1 Å². The van der Waals surface area contributed by atoms with E-state index in [1.165, 1.54) is 6.92 Å². The first-order chi connectivity index (χ1) is 13.9. The molecule has 1 aliphatic heterocycles. The molecule has 0 spiro atoms. The number of rotatable bonds is 6. The summed E-state index contributed by atoms with van der Waals surface area (Å²) in [7, 11) is 0. The van der Waals surface area contributed by atoms with Gasteiger partial charge in [0.1, 0.15) is 0 Å². The number of carboxylic acids is 1. The van der Waals surface area contributed by atoms with Crippen LogP contribution in [0.4, 0.5) is 0 Å². The quantitative estimate of drug-likeness (QED) is 0.789. The summed E-state index contributed by atoms with van der Waals surface area (Å²) in [5.41, 5.74) is 0.686. The van der Waals surface area contributed by atoms with Gasteiger partial charge in [-0.25, -0.2) is 0 Å². The van der Waals surface area contributed by atoms with Crippen LogP contribution in [0.1, 0.15) is 43.4 Å². The van der Waals surface area contributed by atoms with Crippen LogP contribution in [0.25, 0.3) is 0 Å². The summed E-state index contributed by atoms with van der Waals surface area (Å²) in [5, 5.41) is 12.8. The van der Waals surface area contributed by atoms with Gasteiger partial charge in [-0.3, -0.25) is 14.4 Å². The molecule has 0 saturated carbocycles. The molecule has 6 heteroatoms. The number of benzene rings is 2. The maximum absolute atomic E-state index is 12.9. The van der Waals surface area contributed by atoms with Gasteiger partial charge in [0.15, 0.2) is 0 Å². The van der Waals surface area contributed by atoms with Crippen molar-refractivity contribution in [1.29, 1.82) is 0 Å². The van der Waals surface area contributed by atoms with Crippen LogP contribution < -0.4 is 5.32 Å². The molecule has 0 aromatic heterocycles. The molecular weight excluding hydrogens is 368 g/mol. The zero-order chi connectivity index (χ0) is 20.9. The molecule has 2 aromatic carbocycles. The maximum atomic E-state index is 12.9. The third kappa shape index (κ3) is 4.65. The van der Waals surface area contributed by atoms with Gasteiger partial charge >= 0.3 is 5.97 Å². The van der Waals surface area contributed by atoms with Crippen molar-refractivity contribution >= 4 is 17.8 Å². The molecule has 3 rings (SSSR count). The number of carbonyl (C=O) groups is 3. The molecular formula is C23H26N2O4. The molecule has 0 bridgehead atoms. The molecule has 152 valence electrons. The zero-order valence-corrected chi connectivity index (χ0v) is 16.5. The van der Waals surface area contributed by atoms with Crippen LogP contribution in [-0.4, -0.2) is 40.9 Å². The van der Waals surface area contributed by atoms with Crippen LogP contribution in [0.2, 0.25) is 0 Å². The minimum absolute atomic E-state index is 0.0837. The second kappa shape index (κ2) is 8.90. The van der Waals surface area contributed by atoms with Gasteiger partial charge in [-0.05, 0) is 24.0 Å². The minimum Gasteiger partial charge on any atom is -0.481 e. The molecule has 1 heterocycles. The number of piperidine rings is 1. The highest BCUT2D eigenvalue weighted by Crippen LogP contribution is 2.36. The second-order valence-electron chi connectivity index (χ2n) is 7.50. The number of nitrogens with one attached hydrogen (secondary N) is 1. The standard InChI is InChI=1S/C23H26N2O4/c1-17(26)24-20(18-8-4-2-5-9-18)16-21(27)25-14-12-23(13-15-25,22(28)29)19-10-6-3-7-11-19/h2-11,20H,12-16H2,1H3,(H,24,26)(H,28,29)/t20-/m1/s1. The fourth-order valence-electron chi connectivity index (χ4n) is 4.01. The molecule has 6 nitrogen and oxygen atoms in total. The largest absolute Gasteiger partial charge is 0.481 e. The fraction of sp³-hybridized carbons (Fsp3) is 0.348. The van der Waals surface area contributed by atoms with Gasteiger partial charge in [-0.15, -0.1) is 0 Å². The lowest BCUT2D eigenvalue weighted by Gasteiger charge is -2.39. The molecule has 1 atom stereocenters. The predicted molar refractivity (Wildman–Crippen MR) is 109 cm³/mol. The van der Waals surface area contributed by atoms with Gasteiger partial charge in [0.2, 0.25) is 11.8 Å². The summed E-state index contributed by atoms with van der Waals surface area (Å²) >= 11 is 0. The van der Waals surface area contributed by atoms with Gasteiger partial charge in [-0.1, -0.05) is 60.7 Å². The summed E-state index contributed by atoms with van der Waals surface area (Å²) in [6.07, 6.45) is 0.886. The van der Waals surface area contributed by atoms with Gasteiger partial charge in [0, 0.05) is 20.0 Å². The molecule has 29 heavy (non-hydrogen) atoms. The van der Waals surface area contributed by atoms with Crippen molar-refractivity contribution in [3.8, 4) is 0 Å². The highest BCUT2D eigenvalue weighted by molar-refractivity contribution is 5.83. The molecule has 0 unspecified atom stereocenters. The second-order valence-corrected chi connectivity index (χ2v) is 7.50. The van der Waals surface area contributed by atoms with Crippen molar-refractivity contribution in [2.45, 2.75) is 37.6 Å². The van der Waals surface area contributed by atoms with Crippen molar-refractivity contribution < 1.29 is 19.5 Å². The van der Waals surface area contributed by atoms with Crippen LogP contribution in [0, 0.1) is 0 Å². The Labute approximate surface area is 170 Å². The predicted octanol–water partition coefficient (Wildman–Crippen LogP) is 2.90. The molecule has 2 amide bonds. The number of hydrogen-bond donors (Lipinski definition) is 2. The van der Waals surface area contributed by atoms with Crippen LogP contribution in [-0.2, 0) is 19.8 Å². The van der Waals surface area contributed by atoms with E-state index in [1.807, 2.05) is 60.7 Å². The van der Waals surface area contributed by atoms with Crippen molar-refractivity contribution in [1.82, 2.24) is 10.2 Å². The van der Waals surface area contributed by atoms with E-state index < -0.39 is 17.4 Å². The van der Waals surface area contributed by atoms with E-state index >= 15 is 0 Å². The maximum Gasteiger partial charge on any atom is 0.314 e. The Morgan fingerprint density at radius 3 is 2.07 bits per heavy atom. The lowest BCUT2D eigenvalue weighted by atomic mass is 9.73. The number of nitrogens with zero attached hydrogens (tertiary/aromatic N) is 1. The van der Waals surface area contributed by atoms with Crippen molar-refractivity contribution in [2.24, 2.45) is 0 Å². The van der Waals surface area contributed by atoms with Crippen LogP contribution in [0.15, 0.2) is 60.7 Å². The summed E-state index contributed by atoms with van der Waals surface area (Å²) < 4.78 is 0. The van der Waals surface area contributed by atoms with E-state index in [1.54, 1.807) is 4.90 Å². The third-order valence-corrected chi connectivity index (χ3v) is 5.66. The Morgan fingerprint density at radius 1 is 1.00 bits per heavy atom. The lowest BCUT2D eigenvalue weighted by molar-refractivity contribution is -0.148. The van der Waals surface area contributed by atoms with E-state index in [9.17, 15) is 19.5 Å². The Balaban J connectivity index is 1.70. The first-order valence-electron chi connectivity index (χ1n) is 9.81. The first-order valence-corrected chi connectivity index (χ1v) is 9.81. The van der Waals surface area contributed by atoms with E-state index in [4.69, 9.17) is 0 Å². The minimum atomic E-state index is -0.964.